The first-order chi connectivity index (χ1) is 26.5. The van der Waals surface area contributed by atoms with E-state index in [1.165, 1.54) is 103 Å². The van der Waals surface area contributed by atoms with Gasteiger partial charge in [-0.05, 0) is 44.9 Å². The molecule has 0 aromatic rings. The summed E-state index contributed by atoms with van der Waals surface area (Å²) in [7, 11) is 0. The molecule has 0 rings (SSSR count). The Bertz CT molecular complexity index is 900. The van der Waals surface area contributed by atoms with Gasteiger partial charge in [0.25, 0.3) is 0 Å². The van der Waals surface area contributed by atoms with Gasteiger partial charge in [-0.25, -0.2) is 0 Å². The molecule has 1 amide bonds. The predicted octanol–water partition coefficient (Wildman–Crippen LogP) is 13.3. The molecule has 0 radical (unpaired) electrons. The molecule has 0 saturated heterocycles. The van der Waals surface area contributed by atoms with Crippen LogP contribution in [0.1, 0.15) is 233 Å². The number of carbonyl (C=O) groups excluding carboxylic acids is 2. The van der Waals surface area contributed by atoms with Crippen LogP contribution in [-0.2, 0) is 14.3 Å². The van der Waals surface area contributed by atoms with Crippen LogP contribution < -0.4 is 5.32 Å². The third-order valence-electron chi connectivity index (χ3n) is 10.5. The van der Waals surface area contributed by atoms with Crippen LogP contribution in [0.2, 0.25) is 0 Å². The number of aliphatic hydroxyl groups excluding tert-OH is 2. The molecule has 0 aliphatic heterocycles. The molecular formula is C48H89NO5. The van der Waals surface area contributed by atoms with Gasteiger partial charge in [-0.3, -0.25) is 9.59 Å². The van der Waals surface area contributed by atoms with E-state index in [0.717, 1.165) is 83.5 Å². The second-order valence-corrected chi connectivity index (χ2v) is 15.8. The van der Waals surface area contributed by atoms with Gasteiger partial charge in [-0.2, -0.15) is 0 Å². The molecule has 3 unspecified atom stereocenters. The van der Waals surface area contributed by atoms with Crippen molar-refractivity contribution in [3.63, 3.8) is 0 Å². The summed E-state index contributed by atoms with van der Waals surface area (Å²) in [6.45, 7) is 6.33. The molecule has 0 aromatic heterocycles. The molecule has 6 nitrogen and oxygen atoms in total. The lowest BCUT2D eigenvalue weighted by Crippen LogP contribution is -2.46. The van der Waals surface area contributed by atoms with Gasteiger partial charge in [0.1, 0.15) is 6.10 Å². The Balaban J connectivity index is 4.60. The zero-order valence-corrected chi connectivity index (χ0v) is 35.9. The summed E-state index contributed by atoms with van der Waals surface area (Å²) >= 11 is 0. The van der Waals surface area contributed by atoms with Gasteiger partial charge in [-0.1, -0.05) is 211 Å². The summed E-state index contributed by atoms with van der Waals surface area (Å²) in [4.78, 5) is 26.0. The Morgan fingerprint density at radius 3 is 1.50 bits per heavy atom. The first-order valence-corrected chi connectivity index (χ1v) is 23.2. The van der Waals surface area contributed by atoms with Crippen molar-refractivity contribution in [2.45, 2.75) is 251 Å². The van der Waals surface area contributed by atoms with Gasteiger partial charge >= 0.3 is 5.97 Å². The van der Waals surface area contributed by atoms with Crippen LogP contribution in [0.3, 0.4) is 0 Å². The average molecular weight is 760 g/mol. The van der Waals surface area contributed by atoms with Crippen molar-refractivity contribution in [3.8, 4) is 0 Å². The van der Waals surface area contributed by atoms with Crippen LogP contribution in [0.25, 0.3) is 0 Å². The van der Waals surface area contributed by atoms with E-state index >= 15 is 0 Å². The van der Waals surface area contributed by atoms with Crippen molar-refractivity contribution in [2.24, 2.45) is 0 Å². The molecule has 0 saturated carbocycles. The highest BCUT2D eigenvalue weighted by Gasteiger charge is 2.24. The maximum absolute atomic E-state index is 13.1. The molecule has 0 aromatic carbocycles. The normalized spacial score (nSPS) is 13.6. The van der Waals surface area contributed by atoms with Crippen LogP contribution in [0.4, 0.5) is 0 Å². The number of hydrogen-bond acceptors (Lipinski definition) is 5. The average Bonchev–Trinajstić information content (AvgIpc) is 3.16. The smallest absolute Gasteiger partial charge is 0.306 e. The number of nitrogens with one attached hydrogen (secondary N) is 1. The highest BCUT2D eigenvalue weighted by atomic mass is 16.5. The maximum atomic E-state index is 13.1. The molecule has 0 fully saturated rings. The SMILES string of the molecule is CC/C=C/C=C/C=C/CCCCCCCC(CC(=O)NC(CO)C(O)CCCCCCCCCCCCCC)OC(=O)CCCCCCCCCCCC. The van der Waals surface area contributed by atoms with Gasteiger partial charge in [0, 0.05) is 6.42 Å². The molecule has 316 valence electrons. The molecule has 3 N–H and O–H groups in total. The lowest BCUT2D eigenvalue weighted by atomic mass is 10.0. The number of hydrogen-bond donors (Lipinski definition) is 3. The van der Waals surface area contributed by atoms with Crippen LogP contribution in [0.5, 0.6) is 0 Å². The largest absolute Gasteiger partial charge is 0.462 e. The number of aliphatic hydroxyl groups is 2. The zero-order valence-electron chi connectivity index (χ0n) is 35.9. The number of amides is 1. The van der Waals surface area contributed by atoms with Crippen molar-refractivity contribution in [1.29, 1.82) is 0 Å². The maximum Gasteiger partial charge on any atom is 0.306 e. The minimum Gasteiger partial charge on any atom is -0.462 e. The topological polar surface area (TPSA) is 95.9 Å². The van der Waals surface area contributed by atoms with E-state index in [-0.39, 0.29) is 24.9 Å². The molecule has 0 spiro atoms. The Kier molecular flexibility index (Phi) is 40.7. The first-order valence-electron chi connectivity index (χ1n) is 23.2. The Morgan fingerprint density at radius 1 is 0.556 bits per heavy atom. The molecule has 0 aliphatic rings. The Hall–Kier alpha value is -1.92. The van der Waals surface area contributed by atoms with Crippen LogP contribution in [0, 0.1) is 0 Å². The van der Waals surface area contributed by atoms with E-state index in [9.17, 15) is 19.8 Å². The Labute approximate surface area is 334 Å². The van der Waals surface area contributed by atoms with Gasteiger partial charge < -0.3 is 20.3 Å². The minimum absolute atomic E-state index is 0.0668. The minimum atomic E-state index is -0.789. The zero-order chi connectivity index (χ0) is 39.6. The van der Waals surface area contributed by atoms with E-state index < -0.39 is 18.2 Å². The molecule has 54 heavy (non-hydrogen) atoms. The number of unbranched alkanes of at least 4 members (excludes halogenated alkanes) is 25. The van der Waals surface area contributed by atoms with Crippen LogP contribution in [0.15, 0.2) is 36.5 Å². The quantitative estimate of drug-likeness (QED) is 0.0328. The lowest BCUT2D eigenvalue weighted by molar-refractivity contribution is -0.151. The molecule has 3 atom stereocenters. The van der Waals surface area contributed by atoms with E-state index in [4.69, 9.17) is 4.74 Å². The number of ether oxygens (including phenoxy) is 1. The third-order valence-corrected chi connectivity index (χ3v) is 10.5. The summed E-state index contributed by atoms with van der Waals surface area (Å²) in [5.74, 6) is -0.491. The summed E-state index contributed by atoms with van der Waals surface area (Å²) < 4.78 is 5.89. The molecule has 0 heterocycles. The van der Waals surface area contributed by atoms with Crippen molar-refractivity contribution in [3.05, 3.63) is 36.5 Å². The molecular weight excluding hydrogens is 671 g/mol. The Morgan fingerprint density at radius 2 is 1.00 bits per heavy atom. The summed E-state index contributed by atoms with van der Waals surface area (Å²) in [6.07, 6.45) is 47.7. The van der Waals surface area contributed by atoms with E-state index in [0.29, 0.717) is 19.3 Å². The van der Waals surface area contributed by atoms with Crippen molar-refractivity contribution in [1.82, 2.24) is 5.32 Å². The molecule has 0 bridgehead atoms. The lowest BCUT2D eigenvalue weighted by Gasteiger charge is -2.24. The second kappa shape index (κ2) is 42.2. The highest BCUT2D eigenvalue weighted by molar-refractivity contribution is 5.77. The van der Waals surface area contributed by atoms with Crippen molar-refractivity contribution in [2.75, 3.05) is 6.61 Å². The fourth-order valence-electron chi connectivity index (χ4n) is 7.02. The monoisotopic (exact) mass is 760 g/mol. The van der Waals surface area contributed by atoms with Gasteiger partial charge in [0.05, 0.1) is 25.2 Å². The fourth-order valence-corrected chi connectivity index (χ4v) is 7.02. The number of esters is 1. The van der Waals surface area contributed by atoms with Gasteiger partial charge in [-0.15, -0.1) is 0 Å². The van der Waals surface area contributed by atoms with Crippen LogP contribution >= 0.6 is 0 Å². The van der Waals surface area contributed by atoms with E-state index in [2.05, 4.69) is 62.5 Å². The van der Waals surface area contributed by atoms with Gasteiger partial charge in [0.2, 0.25) is 5.91 Å². The second-order valence-electron chi connectivity index (χ2n) is 15.8. The highest BCUT2D eigenvalue weighted by Crippen LogP contribution is 2.18. The van der Waals surface area contributed by atoms with Crippen molar-refractivity contribution >= 4 is 11.9 Å². The van der Waals surface area contributed by atoms with Gasteiger partial charge in [0.15, 0.2) is 0 Å². The number of allylic oxidation sites excluding steroid dienone is 6. The first kappa shape index (κ1) is 52.1. The summed E-state index contributed by atoms with van der Waals surface area (Å²) in [6, 6.07) is -0.703. The van der Waals surface area contributed by atoms with Crippen molar-refractivity contribution < 1.29 is 24.5 Å². The van der Waals surface area contributed by atoms with E-state index in [1.54, 1.807) is 0 Å². The predicted molar refractivity (Wildman–Crippen MR) is 232 cm³/mol. The molecule has 6 heteroatoms. The summed E-state index contributed by atoms with van der Waals surface area (Å²) in [5, 5.41) is 23.6. The standard InChI is InChI=1S/C48H89NO5/c1-4-7-10-13-16-19-22-24-25-27-30-33-36-39-44(54-48(53)41-38-35-32-29-21-18-15-12-9-6-3)42-47(52)49-45(43-50)46(51)40-37-34-31-28-26-23-20-17-14-11-8-5-2/h7,10,13,16,19,22,44-46,50-51H,4-6,8-9,11-12,14-15,17-18,20-21,23-43H2,1-3H3,(H,49,52)/b10-7+,16-13+,22-19+. The fraction of sp³-hybridized carbons (Fsp3) is 0.833. The van der Waals surface area contributed by atoms with E-state index in [1.807, 2.05) is 0 Å². The number of carbonyl (C=O) groups is 2. The third kappa shape index (κ3) is 37.0. The molecule has 0 aliphatic carbocycles. The number of rotatable bonds is 41. The van der Waals surface area contributed by atoms with Crippen LogP contribution in [-0.4, -0.2) is 46.9 Å². The summed E-state index contributed by atoms with van der Waals surface area (Å²) in [5.41, 5.74) is 0.